The van der Waals surface area contributed by atoms with Crippen LogP contribution in [-0.4, -0.2) is 28.3 Å². The molecule has 0 saturated heterocycles. The lowest BCUT2D eigenvalue weighted by atomic mass is 9.94. The van der Waals surface area contributed by atoms with Crippen molar-refractivity contribution in [1.29, 1.82) is 0 Å². The molecule has 2 rings (SSSR count). The topological polar surface area (TPSA) is 52.6 Å². The first-order valence-electron chi connectivity index (χ1n) is 5.63. The summed E-state index contributed by atoms with van der Waals surface area (Å²) in [6.45, 7) is 1.77. The van der Waals surface area contributed by atoms with Gasteiger partial charge in [0.05, 0.1) is 0 Å². The summed E-state index contributed by atoms with van der Waals surface area (Å²) in [6, 6.07) is 0.379. The van der Waals surface area contributed by atoms with Crippen molar-refractivity contribution < 1.29 is 9.90 Å². The molecule has 0 radical (unpaired) electrons. The molecule has 2 aliphatic rings. The fourth-order valence-electron chi connectivity index (χ4n) is 2.34. The third kappa shape index (κ3) is 2.15. The second kappa shape index (κ2) is 4.23. The predicted molar refractivity (Wildman–Crippen MR) is 56.6 cm³/mol. The van der Waals surface area contributed by atoms with Crippen molar-refractivity contribution in [2.45, 2.75) is 51.4 Å². The molecule has 1 aliphatic heterocycles. The van der Waals surface area contributed by atoms with E-state index in [0.29, 0.717) is 11.6 Å². The Labute approximate surface area is 90.0 Å². The maximum Gasteiger partial charge on any atom is 0.251 e. The van der Waals surface area contributed by atoms with Gasteiger partial charge in [-0.25, -0.2) is 0 Å². The van der Waals surface area contributed by atoms with Crippen LogP contribution in [0.1, 0.15) is 39.0 Å². The molecular formula is C11H18N2O2. The van der Waals surface area contributed by atoms with Gasteiger partial charge in [0.25, 0.3) is 5.91 Å². The Hall–Kier alpha value is -1.03. The highest BCUT2D eigenvalue weighted by Crippen LogP contribution is 2.25. The third-order valence-electron chi connectivity index (χ3n) is 3.24. The Bertz CT molecular complexity index is 282. The van der Waals surface area contributed by atoms with E-state index >= 15 is 0 Å². The number of carbonyl (C=O) groups excluding carboxylic acids is 1. The lowest BCUT2D eigenvalue weighted by molar-refractivity contribution is -0.127. The molecule has 1 fully saturated rings. The molecule has 84 valence electrons. The van der Waals surface area contributed by atoms with E-state index in [9.17, 15) is 9.90 Å². The van der Waals surface area contributed by atoms with Crippen LogP contribution in [0.4, 0.5) is 0 Å². The molecule has 1 saturated carbocycles. The maximum atomic E-state index is 11.3. The molecule has 4 heteroatoms. The van der Waals surface area contributed by atoms with Gasteiger partial charge in [-0.05, 0) is 19.8 Å². The highest BCUT2D eigenvalue weighted by atomic mass is 16.3. The van der Waals surface area contributed by atoms with Crippen LogP contribution in [-0.2, 0) is 4.79 Å². The Kier molecular flexibility index (Phi) is 2.95. The van der Waals surface area contributed by atoms with Crippen molar-refractivity contribution in [3.63, 3.8) is 0 Å². The normalized spacial score (nSPS) is 28.7. The van der Waals surface area contributed by atoms with E-state index in [2.05, 4.69) is 5.32 Å². The van der Waals surface area contributed by atoms with Crippen molar-refractivity contribution in [3.8, 4) is 0 Å². The number of aliphatic hydroxyl groups is 1. The van der Waals surface area contributed by atoms with Crippen LogP contribution in [0, 0.1) is 0 Å². The van der Waals surface area contributed by atoms with Crippen molar-refractivity contribution in [3.05, 3.63) is 11.8 Å². The summed E-state index contributed by atoms with van der Waals surface area (Å²) in [5, 5.41) is 12.3. The number of nitrogens with one attached hydrogen (secondary N) is 1. The first-order chi connectivity index (χ1) is 7.18. The van der Waals surface area contributed by atoms with Crippen molar-refractivity contribution in [1.82, 2.24) is 10.2 Å². The second-order valence-corrected chi connectivity index (χ2v) is 4.40. The molecule has 0 aromatic rings. The number of nitrogens with zero attached hydrogens (tertiary/aromatic N) is 1. The summed E-state index contributed by atoms with van der Waals surface area (Å²) in [4.78, 5) is 13.2. The number of carbonyl (C=O) groups is 1. The molecular weight excluding hydrogens is 192 g/mol. The standard InChI is InChI=1S/C11H18N2O2/c1-8-7-13(11(15)12-10(8)14)9-5-3-2-4-6-9/h7,9,11,15H,2-6H2,1H3,(H,12,14)/t11-/m0/s1. The van der Waals surface area contributed by atoms with Crippen molar-refractivity contribution >= 4 is 5.91 Å². The first kappa shape index (κ1) is 10.5. The molecule has 0 aromatic carbocycles. The highest BCUT2D eigenvalue weighted by molar-refractivity contribution is 5.93. The minimum Gasteiger partial charge on any atom is -0.356 e. The second-order valence-electron chi connectivity index (χ2n) is 4.40. The summed E-state index contributed by atoms with van der Waals surface area (Å²) in [5.41, 5.74) is 0.672. The molecule has 1 heterocycles. The molecule has 2 N–H and O–H groups in total. The monoisotopic (exact) mass is 210 g/mol. The molecule has 0 spiro atoms. The summed E-state index contributed by atoms with van der Waals surface area (Å²) >= 11 is 0. The quantitative estimate of drug-likeness (QED) is 0.677. The van der Waals surface area contributed by atoms with Gasteiger partial charge in [-0.3, -0.25) is 4.79 Å². The SMILES string of the molecule is CC1=CN(C2CCCCC2)[C@@H](O)NC1=O. The van der Waals surface area contributed by atoms with Crippen LogP contribution in [0.25, 0.3) is 0 Å². The molecule has 1 amide bonds. The molecule has 1 aliphatic carbocycles. The summed E-state index contributed by atoms with van der Waals surface area (Å²) < 4.78 is 0. The maximum absolute atomic E-state index is 11.3. The van der Waals surface area contributed by atoms with Gasteiger partial charge in [0.1, 0.15) is 0 Å². The largest absolute Gasteiger partial charge is 0.356 e. The van der Waals surface area contributed by atoms with Gasteiger partial charge in [-0.2, -0.15) is 0 Å². The molecule has 1 atom stereocenters. The Balaban J connectivity index is 2.09. The number of aliphatic hydroxyl groups excluding tert-OH is 1. The van der Waals surface area contributed by atoms with Gasteiger partial charge < -0.3 is 15.3 Å². The minimum atomic E-state index is -0.843. The van der Waals surface area contributed by atoms with E-state index in [4.69, 9.17) is 0 Å². The number of amides is 1. The molecule has 0 unspecified atom stereocenters. The summed E-state index contributed by atoms with van der Waals surface area (Å²) in [7, 11) is 0. The molecule has 0 aromatic heterocycles. The van der Waals surface area contributed by atoms with Gasteiger partial charge in [-0.15, -0.1) is 0 Å². The number of hydrogen-bond acceptors (Lipinski definition) is 3. The zero-order valence-corrected chi connectivity index (χ0v) is 9.07. The predicted octanol–water partition coefficient (Wildman–Crippen LogP) is 0.931. The van der Waals surface area contributed by atoms with E-state index in [1.54, 1.807) is 13.1 Å². The fourth-order valence-corrected chi connectivity index (χ4v) is 2.34. The first-order valence-corrected chi connectivity index (χ1v) is 5.63. The van der Waals surface area contributed by atoms with Crippen LogP contribution in [0.3, 0.4) is 0 Å². The molecule has 15 heavy (non-hydrogen) atoms. The van der Waals surface area contributed by atoms with E-state index in [1.807, 2.05) is 4.90 Å². The van der Waals surface area contributed by atoms with E-state index in [-0.39, 0.29) is 5.91 Å². The van der Waals surface area contributed by atoms with Crippen LogP contribution >= 0.6 is 0 Å². The lowest BCUT2D eigenvalue weighted by Crippen LogP contribution is -2.53. The van der Waals surface area contributed by atoms with Crippen molar-refractivity contribution in [2.24, 2.45) is 0 Å². The average Bonchev–Trinajstić information content (AvgIpc) is 2.25. The van der Waals surface area contributed by atoms with Gasteiger partial charge >= 0.3 is 0 Å². The zero-order valence-electron chi connectivity index (χ0n) is 9.07. The van der Waals surface area contributed by atoms with Gasteiger partial charge in [0.2, 0.25) is 6.35 Å². The smallest absolute Gasteiger partial charge is 0.251 e. The van der Waals surface area contributed by atoms with Gasteiger partial charge in [-0.1, -0.05) is 19.3 Å². The fraction of sp³-hybridized carbons (Fsp3) is 0.727. The lowest BCUT2D eigenvalue weighted by Gasteiger charge is -2.39. The Morgan fingerprint density at radius 2 is 2.07 bits per heavy atom. The van der Waals surface area contributed by atoms with E-state index < -0.39 is 6.35 Å². The van der Waals surface area contributed by atoms with E-state index in [1.165, 1.54) is 19.3 Å². The molecule has 0 bridgehead atoms. The summed E-state index contributed by atoms with van der Waals surface area (Å²) in [6.07, 6.45) is 6.88. The van der Waals surface area contributed by atoms with Crippen LogP contribution in [0.2, 0.25) is 0 Å². The van der Waals surface area contributed by atoms with Crippen LogP contribution in [0.15, 0.2) is 11.8 Å². The van der Waals surface area contributed by atoms with Crippen LogP contribution in [0.5, 0.6) is 0 Å². The van der Waals surface area contributed by atoms with Gasteiger partial charge in [0, 0.05) is 17.8 Å². The summed E-state index contributed by atoms with van der Waals surface area (Å²) in [5.74, 6) is -0.172. The average molecular weight is 210 g/mol. The zero-order chi connectivity index (χ0) is 10.8. The number of rotatable bonds is 1. The van der Waals surface area contributed by atoms with Gasteiger partial charge in [0.15, 0.2) is 0 Å². The highest BCUT2D eigenvalue weighted by Gasteiger charge is 2.28. The Morgan fingerprint density at radius 3 is 2.73 bits per heavy atom. The third-order valence-corrected chi connectivity index (χ3v) is 3.24. The van der Waals surface area contributed by atoms with Crippen molar-refractivity contribution in [2.75, 3.05) is 0 Å². The Morgan fingerprint density at radius 1 is 1.40 bits per heavy atom. The van der Waals surface area contributed by atoms with Crippen LogP contribution < -0.4 is 5.32 Å². The molecule has 4 nitrogen and oxygen atoms in total. The number of hydrogen-bond donors (Lipinski definition) is 2. The van der Waals surface area contributed by atoms with E-state index in [0.717, 1.165) is 12.8 Å². The minimum absolute atomic E-state index is 0.172.